The minimum atomic E-state index is -0.449. The minimum Gasteiger partial charge on any atom is -0.389 e. The lowest BCUT2D eigenvalue weighted by molar-refractivity contribution is -0.127. The molecule has 0 radical (unpaired) electrons. The van der Waals surface area contributed by atoms with Crippen LogP contribution in [-0.4, -0.2) is 42.9 Å². The fraction of sp³-hybridized carbons (Fsp3) is 0.571. The Balaban J connectivity index is 2.23. The van der Waals surface area contributed by atoms with Crippen LogP contribution in [0.25, 0.3) is 0 Å². The maximum atomic E-state index is 11.7. The van der Waals surface area contributed by atoms with Gasteiger partial charge in [0, 0.05) is 38.8 Å². The quantitative estimate of drug-likeness (QED) is 0.372. The molecule has 0 saturated carbocycles. The van der Waals surface area contributed by atoms with Gasteiger partial charge in [-0.05, 0) is 12.8 Å². The minimum absolute atomic E-state index is 0.0230. The third-order valence-corrected chi connectivity index (χ3v) is 3.05. The van der Waals surface area contributed by atoms with Gasteiger partial charge in [0.15, 0.2) is 0 Å². The molecule has 0 unspecified atom stereocenters. The smallest absolute Gasteiger partial charge is 0.263 e. The van der Waals surface area contributed by atoms with Gasteiger partial charge in [0.1, 0.15) is 11.6 Å². The van der Waals surface area contributed by atoms with Crippen molar-refractivity contribution in [3.05, 3.63) is 11.8 Å². The number of rotatable bonds is 8. The van der Waals surface area contributed by atoms with Gasteiger partial charge in [0.05, 0.1) is 12.5 Å². The van der Waals surface area contributed by atoms with Crippen molar-refractivity contribution in [3.8, 4) is 12.1 Å². The fourth-order valence-electron chi connectivity index (χ4n) is 1.96. The standard InChI is InChI=1S/C14H19N5O2/c15-5-2-6-17-11-12(10-16)14(21)18-7-3-9-19-8-1-4-13(19)20/h11,17H,1-4,6-9H2,(H,18,21)/b12-11-. The van der Waals surface area contributed by atoms with E-state index >= 15 is 0 Å². The van der Waals surface area contributed by atoms with Crippen molar-refractivity contribution in [2.75, 3.05) is 26.2 Å². The van der Waals surface area contributed by atoms with Gasteiger partial charge in [-0.25, -0.2) is 0 Å². The molecule has 0 atom stereocenters. The van der Waals surface area contributed by atoms with Crippen molar-refractivity contribution in [2.45, 2.75) is 25.7 Å². The van der Waals surface area contributed by atoms with Crippen LogP contribution in [0.1, 0.15) is 25.7 Å². The Bertz CT molecular complexity index is 487. The van der Waals surface area contributed by atoms with Crippen LogP contribution in [0.3, 0.4) is 0 Å². The molecule has 0 aromatic carbocycles. The summed E-state index contributed by atoms with van der Waals surface area (Å²) in [7, 11) is 0. The van der Waals surface area contributed by atoms with Crippen LogP contribution in [0.2, 0.25) is 0 Å². The van der Waals surface area contributed by atoms with Crippen molar-refractivity contribution in [2.24, 2.45) is 0 Å². The van der Waals surface area contributed by atoms with Crippen LogP contribution in [0.5, 0.6) is 0 Å². The first-order valence-corrected chi connectivity index (χ1v) is 6.95. The number of nitrogens with zero attached hydrogens (tertiary/aromatic N) is 3. The Morgan fingerprint density at radius 3 is 2.81 bits per heavy atom. The first kappa shape index (κ1) is 16.5. The number of hydrogen-bond donors (Lipinski definition) is 2. The van der Waals surface area contributed by atoms with E-state index in [2.05, 4.69) is 10.6 Å². The number of hydrogen-bond acceptors (Lipinski definition) is 5. The van der Waals surface area contributed by atoms with Gasteiger partial charge >= 0.3 is 0 Å². The number of carbonyl (C=O) groups excluding carboxylic acids is 2. The van der Waals surface area contributed by atoms with Crippen molar-refractivity contribution in [1.29, 1.82) is 10.5 Å². The van der Waals surface area contributed by atoms with Crippen LogP contribution in [0.15, 0.2) is 11.8 Å². The van der Waals surface area contributed by atoms with Crippen molar-refractivity contribution in [1.82, 2.24) is 15.5 Å². The molecule has 1 rings (SSSR count). The monoisotopic (exact) mass is 289 g/mol. The number of amides is 2. The number of nitriles is 2. The van der Waals surface area contributed by atoms with E-state index in [0.29, 0.717) is 38.9 Å². The predicted molar refractivity (Wildman–Crippen MR) is 75.4 cm³/mol. The van der Waals surface area contributed by atoms with E-state index in [0.717, 1.165) is 13.0 Å². The molecule has 0 aliphatic carbocycles. The zero-order chi connectivity index (χ0) is 15.5. The summed E-state index contributed by atoms with van der Waals surface area (Å²) in [5, 5.41) is 22.6. The fourth-order valence-corrected chi connectivity index (χ4v) is 1.96. The van der Waals surface area contributed by atoms with Gasteiger partial charge in [0.25, 0.3) is 5.91 Å². The Labute approximate surface area is 124 Å². The molecule has 1 aliphatic heterocycles. The Hall–Kier alpha value is -2.54. The molecule has 112 valence electrons. The highest BCUT2D eigenvalue weighted by Crippen LogP contribution is 2.09. The molecule has 0 aromatic rings. The zero-order valence-corrected chi connectivity index (χ0v) is 11.9. The molecule has 21 heavy (non-hydrogen) atoms. The molecule has 7 heteroatoms. The number of likely N-dealkylation sites (tertiary alicyclic amines) is 1. The van der Waals surface area contributed by atoms with E-state index in [4.69, 9.17) is 10.5 Å². The molecule has 1 heterocycles. The Kier molecular flexibility index (Phi) is 7.37. The van der Waals surface area contributed by atoms with Gasteiger partial charge in [0.2, 0.25) is 5.91 Å². The van der Waals surface area contributed by atoms with Crippen LogP contribution < -0.4 is 10.6 Å². The molecular weight excluding hydrogens is 270 g/mol. The van der Waals surface area contributed by atoms with E-state index in [1.165, 1.54) is 6.20 Å². The highest BCUT2D eigenvalue weighted by molar-refractivity contribution is 5.97. The average Bonchev–Trinajstić information content (AvgIpc) is 2.89. The summed E-state index contributed by atoms with van der Waals surface area (Å²) < 4.78 is 0. The van der Waals surface area contributed by atoms with Gasteiger partial charge in [-0.3, -0.25) is 9.59 Å². The first-order valence-electron chi connectivity index (χ1n) is 6.95. The van der Waals surface area contributed by atoms with Gasteiger partial charge in [-0.1, -0.05) is 0 Å². The molecule has 0 bridgehead atoms. The lowest BCUT2D eigenvalue weighted by Crippen LogP contribution is -2.31. The maximum absolute atomic E-state index is 11.7. The van der Waals surface area contributed by atoms with E-state index < -0.39 is 5.91 Å². The van der Waals surface area contributed by atoms with Crippen LogP contribution in [0, 0.1) is 22.7 Å². The molecular formula is C14H19N5O2. The lowest BCUT2D eigenvalue weighted by atomic mass is 10.3. The van der Waals surface area contributed by atoms with Gasteiger partial charge in [-0.15, -0.1) is 0 Å². The summed E-state index contributed by atoms with van der Waals surface area (Å²) in [6.45, 7) is 2.23. The van der Waals surface area contributed by atoms with Gasteiger partial charge < -0.3 is 15.5 Å². The topological polar surface area (TPSA) is 109 Å². The molecule has 0 spiro atoms. The van der Waals surface area contributed by atoms with E-state index in [-0.39, 0.29) is 11.5 Å². The lowest BCUT2D eigenvalue weighted by Gasteiger charge is -2.15. The summed E-state index contributed by atoms with van der Waals surface area (Å²) in [4.78, 5) is 24.9. The number of carbonyl (C=O) groups is 2. The third kappa shape index (κ3) is 5.96. The maximum Gasteiger partial charge on any atom is 0.263 e. The second kappa shape index (κ2) is 9.38. The summed E-state index contributed by atoms with van der Waals surface area (Å²) in [6, 6.07) is 3.76. The molecule has 7 nitrogen and oxygen atoms in total. The zero-order valence-electron chi connectivity index (χ0n) is 11.9. The molecule has 0 aromatic heterocycles. The Morgan fingerprint density at radius 1 is 1.38 bits per heavy atom. The first-order chi connectivity index (χ1) is 10.2. The van der Waals surface area contributed by atoms with E-state index in [1.807, 2.05) is 6.07 Å². The molecule has 2 N–H and O–H groups in total. The Morgan fingerprint density at radius 2 is 2.19 bits per heavy atom. The van der Waals surface area contributed by atoms with Crippen molar-refractivity contribution >= 4 is 11.8 Å². The molecule has 2 amide bonds. The summed E-state index contributed by atoms with van der Waals surface area (Å²) >= 11 is 0. The second-order valence-electron chi connectivity index (χ2n) is 4.63. The largest absolute Gasteiger partial charge is 0.389 e. The van der Waals surface area contributed by atoms with E-state index in [9.17, 15) is 9.59 Å². The van der Waals surface area contributed by atoms with Crippen LogP contribution in [0.4, 0.5) is 0 Å². The SMILES string of the molecule is N#CCCN/C=C(/C#N)C(=O)NCCCN1CCCC1=O. The normalized spacial score (nSPS) is 14.5. The highest BCUT2D eigenvalue weighted by atomic mass is 16.2. The predicted octanol–water partition coefficient (Wildman–Crippen LogP) is 0.0259. The van der Waals surface area contributed by atoms with Crippen molar-refractivity contribution < 1.29 is 9.59 Å². The molecule has 1 saturated heterocycles. The summed E-state index contributed by atoms with van der Waals surface area (Å²) in [5.74, 6) is -0.282. The van der Waals surface area contributed by atoms with E-state index in [1.54, 1.807) is 11.0 Å². The second-order valence-corrected chi connectivity index (χ2v) is 4.63. The van der Waals surface area contributed by atoms with Gasteiger partial charge in [-0.2, -0.15) is 10.5 Å². The van der Waals surface area contributed by atoms with Crippen LogP contribution in [-0.2, 0) is 9.59 Å². The highest BCUT2D eigenvalue weighted by Gasteiger charge is 2.19. The molecule has 1 fully saturated rings. The summed E-state index contributed by atoms with van der Waals surface area (Å²) in [5.41, 5.74) is -0.0230. The third-order valence-electron chi connectivity index (χ3n) is 3.05. The number of nitrogens with one attached hydrogen (secondary N) is 2. The summed E-state index contributed by atoms with van der Waals surface area (Å²) in [6.07, 6.45) is 3.80. The average molecular weight is 289 g/mol. The van der Waals surface area contributed by atoms with Crippen LogP contribution >= 0.6 is 0 Å². The molecule has 1 aliphatic rings. The van der Waals surface area contributed by atoms with Crippen molar-refractivity contribution in [3.63, 3.8) is 0 Å².